The van der Waals surface area contributed by atoms with Gasteiger partial charge in [-0.25, -0.2) is 14.7 Å². The molecule has 1 N–H and O–H groups in total. The molecule has 1 aliphatic heterocycles. The van der Waals surface area contributed by atoms with Crippen LogP contribution in [0.5, 0.6) is 0 Å². The first-order valence-electron chi connectivity index (χ1n) is 5.89. The molecule has 12 heteroatoms. The van der Waals surface area contributed by atoms with Crippen molar-refractivity contribution in [3.05, 3.63) is 27.6 Å². The van der Waals surface area contributed by atoms with Gasteiger partial charge in [-0.15, -0.1) is 0 Å². The van der Waals surface area contributed by atoms with E-state index < -0.39 is 64.4 Å². The third-order valence-corrected chi connectivity index (χ3v) is 2.99. The van der Waals surface area contributed by atoms with Gasteiger partial charge in [-0.2, -0.15) is 13.2 Å². The third kappa shape index (κ3) is 2.69. The van der Waals surface area contributed by atoms with Gasteiger partial charge < -0.3 is 5.11 Å². The second-order valence-corrected chi connectivity index (χ2v) is 4.40. The van der Waals surface area contributed by atoms with Crippen molar-refractivity contribution in [1.29, 1.82) is 0 Å². The molecule has 0 unspecified atom stereocenters. The number of amides is 2. The molecule has 122 valence electrons. The van der Waals surface area contributed by atoms with Gasteiger partial charge in [-0.1, -0.05) is 0 Å². The number of rotatable bonds is 3. The van der Waals surface area contributed by atoms with Gasteiger partial charge >= 0.3 is 17.8 Å². The number of nitrogens with zero attached hydrogens (tertiary/aromatic N) is 3. The summed E-state index contributed by atoms with van der Waals surface area (Å²) in [7, 11) is 0. The SMILES string of the molecule is O=C(O)c1ncc(C(F)(F)F)c(N2C(=O)CCC2=O)c1[N+](=O)[O-]. The van der Waals surface area contributed by atoms with Crippen LogP contribution < -0.4 is 4.90 Å². The number of halogens is 3. The first-order chi connectivity index (χ1) is 10.6. The number of carboxylic acids is 1. The molecule has 2 heterocycles. The molecule has 0 saturated carbocycles. The molecular weight excluding hydrogens is 327 g/mol. The Morgan fingerprint density at radius 3 is 2.22 bits per heavy atom. The van der Waals surface area contributed by atoms with Crippen LogP contribution >= 0.6 is 0 Å². The highest BCUT2D eigenvalue weighted by Gasteiger charge is 2.46. The van der Waals surface area contributed by atoms with Crippen LogP contribution in [0.1, 0.15) is 28.9 Å². The molecule has 0 aromatic carbocycles. The molecule has 0 atom stereocenters. The molecule has 0 spiro atoms. The van der Waals surface area contributed by atoms with Gasteiger partial charge in [0.05, 0.1) is 4.92 Å². The summed E-state index contributed by atoms with van der Waals surface area (Å²) in [5.41, 5.74) is -6.01. The van der Waals surface area contributed by atoms with E-state index in [-0.39, 0.29) is 11.1 Å². The molecule has 2 rings (SSSR count). The van der Waals surface area contributed by atoms with E-state index in [1.165, 1.54) is 0 Å². The van der Waals surface area contributed by atoms with Crippen LogP contribution in [0.4, 0.5) is 24.5 Å². The van der Waals surface area contributed by atoms with Crippen LogP contribution in [0.2, 0.25) is 0 Å². The summed E-state index contributed by atoms with van der Waals surface area (Å²) in [6, 6.07) is 0. The van der Waals surface area contributed by atoms with Crippen molar-refractivity contribution < 1.29 is 37.6 Å². The lowest BCUT2D eigenvalue weighted by atomic mass is 10.1. The van der Waals surface area contributed by atoms with Crippen molar-refractivity contribution in [2.45, 2.75) is 19.0 Å². The van der Waals surface area contributed by atoms with E-state index in [1.807, 2.05) is 0 Å². The van der Waals surface area contributed by atoms with Gasteiger partial charge in [0.25, 0.3) is 0 Å². The molecule has 1 fully saturated rings. The van der Waals surface area contributed by atoms with Gasteiger partial charge in [0.2, 0.25) is 17.5 Å². The Labute approximate surface area is 124 Å². The van der Waals surface area contributed by atoms with E-state index in [4.69, 9.17) is 5.11 Å². The predicted molar refractivity (Wildman–Crippen MR) is 64.6 cm³/mol. The molecule has 0 bridgehead atoms. The Hall–Kier alpha value is -3.05. The number of anilines is 1. The zero-order chi connectivity index (χ0) is 17.5. The topological polar surface area (TPSA) is 131 Å². The van der Waals surface area contributed by atoms with E-state index >= 15 is 0 Å². The van der Waals surface area contributed by atoms with Crippen molar-refractivity contribution in [3.63, 3.8) is 0 Å². The first kappa shape index (κ1) is 16.3. The summed E-state index contributed by atoms with van der Waals surface area (Å²) >= 11 is 0. The average molecular weight is 333 g/mol. The lowest BCUT2D eigenvalue weighted by Crippen LogP contribution is -2.32. The molecule has 0 aliphatic carbocycles. The highest BCUT2D eigenvalue weighted by atomic mass is 19.4. The molecule has 2 amide bonds. The zero-order valence-corrected chi connectivity index (χ0v) is 11.0. The number of hydrogen-bond acceptors (Lipinski definition) is 6. The number of carbonyl (C=O) groups is 3. The van der Waals surface area contributed by atoms with E-state index in [9.17, 15) is 37.7 Å². The summed E-state index contributed by atoms with van der Waals surface area (Å²) in [4.78, 5) is 46.9. The number of pyridine rings is 1. The average Bonchev–Trinajstić information content (AvgIpc) is 2.75. The Morgan fingerprint density at radius 2 is 1.83 bits per heavy atom. The summed E-state index contributed by atoms with van der Waals surface area (Å²) in [6.45, 7) is 0. The van der Waals surface area contributed by atoms with Gasteiger partial charge in [0.15, 0.2) is 0 Å². The van der Waals surface area contributed by atoms with Gasteiger partial charge in [-0.05, 0) is 0 Å². The highest BCUT2D eigenvalue weighted by molar-refractivity contribution is 6.22. The van der Waals surface area contributed by atoms with Crippen LogP contribution in [0.3, 0.4) is 0 Å². The maximum atomic E-state index is 13.1. The highest BCUT2D eigenvalue weighted by Crippen LogP contribution is 2.44. The lowest BCUT2D eigenvalue weighted by Gasteiger charge is -2.19. The Kier molecular flexibility index (Phi) is 3.76. The monoisotopic (exact) mass is 333 g/mol. The number of carbonyl (C=O) groups excluding carboxylic acids is 2. The van der Waals surface area contributed by atoms with Crippen LogP contribution in [0.15, 0.2) is 6.20 Å². The Bertz CT molecular complexity index is 729. The number of alkyl halides is 3. The minimum absolute atomic E-state index is 0.00488. The molecule has 1 aromatic rings. The molecule has 1 aliphatic rings. The lowest BCUT2D eigenvalue weighted by molar-refractivity contribution is -0.384. The number of aromatic nitrogens is 1. The van der Waals surface area contributed by atoms with E-state index in [0.29, 0.717) is 0 Å². The van der Waals surface area contributed by atoms with Gasteiger partial charge in [0.1, 0.15) is 11.3 Å². The minimum Gasteiger partial charge on any atom is -0.476 e. The quantitative estimate of drug-likeness (QED) is 0.502. The number of nitro groups is 1. The zero-order valence-electron chi connectivity index (χ0n) is 11.0. The van der Waals surface area contributed by atoms with Crippen molar-refractivity contribution in [2.75, 3.05) is 4.90 Å². The fourth-order valence-corrected chi connectivity index (χ4v) is 2.08. The van der Waals surface area contributed by atoms with Crippen molar-refractivity contribution >= 4 is 29.2 Å². The van der Waals surface area contributed by atoms with E-state index in [1.54, 1.807) is 0 Å². The molecular formula is C11H6F3N3O6. The van der Waals surface area contributed by atoms with Crippen LogP contribution in [0, 0.1) is 10.1 Å². The van der Waals surface area contributed by atoms with Gasteiger partial charge in [0, 0.05) is 19.0 Å². The van der Waals surface area contributed by atoms with Crippen LogP contribution in [-0.4, -0.2) is 32.8 Å². The minimum atomic E-state index is -5.19. The van der Waals surface area contributed by atoms with Crippen molar-refractivity contribution in [2.24, 2.45) is 0 Å². The second kappa shape index (κ2) is 5.30. The summed E-state index contributed by atoms with van der Waals surface area (Å²) in [5, 5.41) is 20.0. The first-order valence-corrected chi connectivity index (χ1v) is 5.89. The number of aromatic carboxylic acids is 1. The summed E-state index contributed by atoms with van der Waals surface area (Å²) < 4.78 is 39.2. The maximum absolute atomic E-state index is 13.1. The fraction of sp³-hybridized carbons (Fsp3) is 0.273. The van der Waals surface area contributed by atoms with Crippen molar-refractivity contribution in [3.8, 4) is 0 Å². The molecule has 9 nitrogen and oxygen atoms in total. The fourth-order valence-electron chi connectivity index (χ4n) is 2.08. The summed E-state index contributed by atoms with van der Waals surface area (Å²) in [5.74, 6) is -4.15. The Morgan fingerprint density at radius 1 is 1.30 bits per heavy atom. The molecule has 1 aromatic heterocycles. The number of carboxylic acid groups (broad SMARTS) is 1. The van der Waals surface area contributed by atoms with E-state index in [2.05, 4.69) is 4.98 Å². The van der Waals surface area contributed by atoms with E-state index in [0.717, 1.165) is 0 Å². The smallest absolute Gasteiger partial charge is 0.420 e. The predicted octanol–water partition coefficient (Wildman–Crippen LogP) is 1.36. The van der Waals surface area contributed by atoms with Gasteiger partial charge in [-0.3, -0.25) is 19.7 Å². The van der Waals surface area contributed by atoms with Crippen LogP contribution in [0.25, 0.3) is 0 Å². The maximum Gasteiger partial charge on any atom is 0.420 e. The molecule has 1 saturated heterocycles. The number of imide groups is 1. The number of hydrogen-bond donors (Lipinski definition) is 1. The standard InChI is InChI=1S/C11H6F3N3O6/c12-11(13,14)4-3-15-7(10(20)21)9(17(22)23)8(4)16-5(18)1-2-6(16)19/h3H,1-2H2,(H,20,21). The third-order valence-electron chi connectivity index (χ3n) is 2.99. The Balaban J connectivity index is 2.91. The van der Waals surface area contributed by atoms with Crippen molar-refractivity contribution in [1.82, 2.24) is 4.98 Å². The molecule has 23 heavy (non-hydrogen) atoms. The molecule has 0 radical (unpaired) electrons. The second-order valence-electron chi connectivity index (χ2n) is 4.40. The normalized spacial score (nSPS) is 15.2. The van der Waals surface area contributed by atoms with Crippen LogP contribution in [-0.2, 0) is 15.8 Å². The summed E-state index contributed by atoms with van der Waals surface area (Å²) in [6.07, 6.45) is -6.01. The largest absolute Gasteiger partial charge is 0.476 e.